The van der Waals surface area contributed by atoms with Crippen molar-refractivity contribution in [1.82, 2.24) is 15.0 Å². The van der Waals surface area contributed by atoms with Gasteiger partial charge in [0.05, 0.1) is 22.4 Å². The van der Waals surface area contributed by atoms with Crippen molar-refractivity contribution in [2.45, 2.75) is 6.85 Å². The average Bonchev–Trinajstić information content (AvgIpc) is 3.06. The smallest absolute Gasteiger partial charge is 0.160 e. The van der Waals surface area contributed by atoms with Crippen molar-refractivity contribution in [3.63, 3.8) is 0 Å². The molecule has 0 aliphatic heterocycles. The topological polar surface area (TPSA) is 38.7 Å². The molecule has 2 aromatic heterocycles. The van der Waals surface area contributed by atoms with Gasteiger partial charge in [-0.15, -0.1) is 0 Å². The number of pyridine rings is 1. The fourth-order valence-corrected chi connectivity index (χ4v) is 5.65. The van der Waals surface area contributed by atoms with Crippen LogP contribution in [0.15, 0.2) is 133 Å². The van der Waals surface area contributed by atoms with Gasteiger partial charge in [-0.25, -0.2) is 15.0 Å². The number of nitrogens with zero attached hydrogens (tertiary/aromatic N) is 3. The Morgan fingerprint density at radius 2 is 1.27 bits per heavy atom. The first kappa shape index (κ1) is 20.5. The summed E-state index contributed by atoms with van der Waals surface area (Å²) in [5.41, 5.74) is 6.51. The highest BCUT2D eigenvalue weighted by Gasteiger charge is 2.13. The third-order valence-electron chi connectivity index (χ3n) is 7.72. The molecule has 0 atom stereocenters. The zero-order chi connectivity index (χ0) is 29.8. The van der Waals surface area contributed by atoms with Crippen molar-refractivity contribution in [1.29, 1.82) is 0 Å². The molecule has 0 aliphatic carbocycles. The number of hydrogen-bond acceptors (Lipinski definition) is 3. The van der Waals surface area contributed by atoms with Gasteiger partial charge in [-0.05, 0) is 53.3 Å². The number of fused-ring (bicyclic) bond motifs is 5. The van der Waals surface area contributed by atoms with Gasteiger partial charge in [0, 0.05) is 37.0 Å². The van der Waals surface area contributed by atoms with Crippen LogP contribution in [-0.2, 0) is 0 Å². The Morgan fingerprint density at radius 1 is 0.488 bits per heavy atom. The molecule has 0 saturated heterocycles. The molecule has 0 saturated carbocycles. The van der Waals surface area contributed by atoms with Crippen LogP contribution in [0.25, 0.3) is 77.3 Å². The van der Waals surface area contributed by atoms with E-state index < -0.39 is 6.85 Å². The van der Waals surface area contributed by atoms with Crippen LogP contribution in [0.2, 0.25) is 0 Å². The number of benzene rings is 6. The van der Waals surface area contributed by atoms with Crippen LogP contribution in [0.4, 0.5) is 0 Å². The fraction of sp³-hybridized carbons (Fsp3) is 0.0263. The van der Waals surface area contributed by atoms with E-state index in [1.54, 1.807) is 12.1 Å². The molecule has 8 rings (SSSR count). The van der Waals surface area contributed by atoms with Gasteiger partial charge in [0.25, 0.3) is 0 Å². The second-order valence-electron chi connectivity index (χ2n) is 10.3. The molecule has 0 spiro atoms. The predicted octanol–water partition coefficient (Wildman–Crippen LogP) is 9.79. The van der Waals surface area contributed by atoms with Gasteiger partial charge in [0.2, 0.25) is 0 Å². The van der Waals surface area contributed by atoms with Crippen molar-refractivity contribution in [2.24, 2.45) is 0 Å². The van der Waals surface area contributed by atoms with Crippen LogP contribution in [0, 0.1) is 6.85 Å². The third-order valence-corrected chi connectivity index (χ3v) is 7.72. The highest BCUT2D eigenvalue weighted by Crippen LogP contribution is 2.33. The Hall–Kier alpha value is -5.41. The molecular weight excluding hydrogens is 498 g/mol. The Morgan fingerprint density at radius 3 is 2.22 bits per heavy atom. The maximum atomic E-state index is 7.90. The molecule has 0 aliphatic rings. The summed E-state index contributed by atoms with van der Waals surface area (Å²) in [7, 11) is 0. The standard InChI is InChI=1S/C38H25N3/c1-24-13-14-26-16-17-27-19-20-34(39-36(27)33(26)21-24)29-9-6-10-31(23-29)38-40-35-12-5-4-11-32(35)37(41-38)30-18-15-25-7-2-3-8-28(25)22-30/h2-23H,1H3/i1D3. The normalized spacial score (nSPS) is 12.9. The van der Waals surface area contributed by atoms with E-state index in [2.05, 4.69) is 54.6 Å². The molecule has 0 N–H and O–H groups in total. The highest BCUT2D eigenvalue weighted by molar-refractivity contribution is 6.06. The van der Waals surface area contributed by atoms with E-state index in [1.165, 1.54) is 5.39 Å². The maximum Gasteiger partial charge on any atom is 0.160 e. The monoisotopic (exact) mass is 526 g/mol. The lowest BCUT2D eigenvalue weighted by atomic mass is 10.0. The SMILES string of the molecule is [2H]C([2H])([2H])c1ccc2ccc3ccc(-c4cccc(-c5nc(-c6ccc7ccccc7c6)c6ccccc6n5)c4)nc3c2c1. The van der Waals surface area contributed by atoms with E-state index in [0.717, 1.165) is 66.0 Å². The molecule has 6 aromatic carbocycles. The third kappa shape index (κ3) is 4.11. The molecule has 0 unspecified atom stereocenters. The van der Waals surface area contributed by atoms with Gasteiger partial charge in [-0.1, -0.05) is 109 Å². The lowest BCUT2D eigenvalue weighted by Gasteiger charge is -2.11. The molecular formula is C38H25N3. The molecule has 8 aromatic rings. The zero-order valence-corrected chi connectivity index (χ0v) is 22.0. The minimum absolute atomic E-state index is 0.308. The Bertz CT molecular complexity index is 2400. The van der Waals surface area contributed by atoms with Crippen molar-refractivity contribution >= 4 is 43.4 Å². The summed E-state index contributed by atoms with van der Waals surface area (Å²) in [6.45, 7) is -2.19. The largest absolute Gasteiger partial charge is 0.247 e. The first-order valence-corrected chi connectivity index (χ1v) is 13.6. The molecule has 0 radical (unpaired) electrons. The fourth-order valence-electron chi connectivity index (χ4n) is 5.65. The summed E-state index contributed by atoms with van der Waals surface area (Å²) in [5, 5.41) is 6.09. The Kier molecular flexibility index (Phi) is 4.67. The molecule has 0 bridgehead atoms. The maximum absolute atomic E-state index is 7.90. The van der Waals surface area contributed by atoms with Crippen molar-refractivity contribution in [3.05, 3.63) is 139 Å². The van der Waals surface area contributed by atoms with Crippen molar-refractivity contribution in [2.75, 3.05) is 0 Å². The van der Waals surface area contributed by atoms with Crippen molar-refractivity contribution < 1.29 is 4.11 Å². The van der Waals surface area contributed by atoms with Crippen LogP contribution in [0.5, 0.6) is 0 Å². The van der Waals surface area contributed by atoms with Crippen LogP contribution < -0.4 is 0 Å². The van der Waals surface area contributed by atoms with Gasteiger partial charge in [-0.2, -0.15) is 0 Å². The first-order chi connectivity index (χ1) is 21.4. The van der Waals surface area contributed by atoms with E-state index >= 15 is 0 Å². The second-order valence-corrected chi connectivity index (χ2v) is 10.3. The van der Waals surface area contributed by atoms with E-state index in [1.807, 2.05) is 66.7 Å². The lowest BCUT2D eigenvalue weighted by Crippen LogP contribution is -1.96. The summed E-state index contributed by atoms with van der Waals surface area (Å²) < 4.78 is 23.7. The summed E-state index contributed by atoms with van der Waals surface area (Å²) >= 11 is 0. The number of rotatable bonds is 3. The zero-order valence-electron chi connectivity index (χ0n) is 25.0. The summed E-state index contributed by atoms with van der Waals surface area (Å²) in [6.07, 6.45) is 0. The van der Waals surface area contributed by atoms with Crippen LogP contribution in [0.3, 0.4) is 0 Å². The van der Waals surface area contributed by atoms with E-state index in [4.69, 9.17) is 19.1 Å². The Balaban J connectivity index is 1.27. The first-order valence-electron chi connectivity index (χ1n) is 15.1. The minimum atomic E-state index is -2.19. The molecule has 0 fully saturated rings. The molecule has 3 heteroatoms. The molecule has 41 heavy (non-hydrogen) atoms. The van der Waals surface area contributed by atoms with Gasteiger partial charge in [-0.3, -0.25) is 0 Å². The highest BCUT2D eigenvalue weighted by atomic mass is 14.9. The van der Waals surface area contributed by atoms with E-state index in [9.17, 15) is 0 Å². The second kappa shape index (κ2) is 9.35. The van der Waals surface area contributed by atoms with E-state index in [-0.39, 0.29) is 0 Å². The lowest BCUT2D eigenvalue weighted by molar-refractivity contribution is 1.23. The van der Waals surface area contributed by atoms with Gasteiger partial charge < -0.3 is 0 Å². The van der Waals surface area contributed by atoms with Gasteiger partial charge in [0.1, 0.15) is 0 Å². The summed E-state index contributed by atoms with van der Waals surface area (Å²) in [5.74, 6) is 0.641. The Labute approximate surface area is 242 Å². The van der Waals surface area contributed by atoms with Gasteiger partial charge in [0.15, 0.2) is 5.82 Å². The van der Waals surface area contributed by atoms with Gasteiger partial charge >= 0.3 is 0 Å². The minimum Gasteiger partial charge on any atom is -0.247 e. The van der Waals surface area contributed by atoms with Crippen LogP contribution in [0.1, 0.15) is 9.68 Å². The quantitative estimate of drug-likeness (QED) is 0.215. The average molecular weight is 527 g/mol. The van der Waals surface area contributed by atoms with E-state index in [0.29, 0.717) is 11.4 Å². The number of aromatic nitrogens is 3. The van der Waals surface area contributed by atoms with Crippen LogP contribution in [-0.4, -0.2) is 15.0 Å². The molecule has 2 heterocycles. The molecule has 3 nitrogen and oxygen atoms in total. The molecule has 192 valence electrons. The number of hydrogen-bond donors (Lipinski definition) is 0. The summed E-state index contributed by atoms with van der Waals surface area (Å²) in [6, 6.07) is 44.4. The molecule has 0 amide bonds. The predicted molar refractivity (Wildman–Crippen MR) is 171 cm³/mol. The van der Waals surface area contributed by atoms with Crippen LogP contribution >= 0.6 is 0 Å². The summed E-state index contributed by atoms with van der Waals surface area (Å²) in [4.78, 5) is 15.1. The number of para-hydroxylation sites is 1. The number of aryl methyl sites for hydroxylation is 1. The van der Waals surface area contributed by atoms with Crippen molar-refractivity contribution in [3.8, 4) is 33.9 Å².